The van der Waals surface area contributed by atoms with Crippen molar-refractivity contribution < 1.29 is 9.90 Å². The van der Waals surface area contributed by atoms with E-state index < -0.39 is 0 Å². The molecule has 0 spiro atoms. The molecule has 0 amide bonds. The Labute approximate surface area is 189 Å². The van der Waals surface area contributed by atoms with Crippen LogP contribution in [0.25, 0.3) is 5.69 Å². The van der Waals surface area contributed by atoms with Crippen molar-refractivity contribution in [1.82, 2.24) is 9.78 Å². The number of aliphatic hydroxyl groups excluding tert-OH is 1. The maximum absolute atomic E-state index is 13.1. The number of hydrogen-bond acceptors (Lipinski definition) is 5. The Balaban J connectivity index is 1.53. The molecule has 32 heavy (non-hydrogen) atoms. The molecule has 3 aliphatic carbocycles. The number of ketones is 1. The molecule has 0 atom stereocenters. The number of carbonyl (C=O) groups excluding carboxylic acids is 1. The second kappa shape index (κ2) is 8.04. The summed E-state index contributed by atoms with van der Waals surface area (Å²) in [5, 5.41) is 28.0. The Morgan fingerprint density at radius 1 is 1.19 bits per heavy atom. The van der Waals surface area contributed by atoms with E-state index in [0.29, 0.717) is 17.9 Å². The number of fused-ring (bicyclic) bond motifs is 1. The first-order chi connectivity index (χ1) is 15.3. The molecule has 1 aromatic carbocycles. The molecule has 6 nitrogen and oxygen atoms in total. The fourth-order valence-electron chi connectivity index (χ4n) is 5.30. The smallest absolute Gasteiger partial charge is 0.167 e. The molecule has 1 heterocycles. The molecular formula is C26H32N4O2. The number of anilines is 1. The zero-order valence-corrected chi connectivity index (χ0v) is 19.0. The minimum absolute atomic E-state index is 0.0880. The van der Waals surface area contributed by atoms with Crippen molar-refractivity contribution in [3.05, 3.63) is 40.7 Å². The van der Waals surface area contributed by atoms with Crippen molar-refractivity contribution >= 4 is 11.5 Å². The molecule has 2 saturated carbocycles. The number of aromatic nitrogens is 2. The van der Waals surface area contributed by atoms with Gasteiger partial charge in [0.25, 0.3) is 0 Å². The van der Waals surface area contributed by atoms with Crippen LogP contribution >= 0.6 is 0 Å². The summed E-state index contributed by atoms with van der Waals surface area (Å²) in [6, 6.07) is 8.34. The summed E-state index contributed by atoms with van der Waals surface area (Å²) in [5.74, 6) is 0.871. The average molecular weight is 433 g/mol. The third kappa shape index (κ3) is 4.19. The minimum atomic E-state index is -0.212. The van der Waals surface area contributed by atoms with Gasteiger partial charge in [0, 0.05) is 12.5 Å². The highest BCUT2D eigenvalue weighted by Crippen LogP contribution is 2.40. The molecule has 0 saturated heterocycles. The van der Waals surface area contributed by atoms with Crippen LogP contribution in [0, 0.1) is 22.7 Å². The summed E-state index contributed by atoms with van der Waals surface area (Å²) in [5.41, 5.74) is 5.02. The van der Waals surface area contributed by atoms with Gasteiger partial charge < -0.3 is 10.4 Å². The van der Waals surface area contributed by atoms with E-state index in [1.807, 2.05) is 22.9 Å². The number of rotatable bonds is 5. The van der Waals surface area contributed by atoms with Gasteiger partial charge in [-0.15, -0.1) is 0 Å². The zero-order chi connectivity index (χ0) is 22.5. The average Bonchev–Trinajstić information content (AvgIpc) is 3.49. The summed E-state index contributed by atoms with van der Waals surface area (Å²) < 4.78 is 1.96. The number of nitrogens with zero attached hydrogens (tertiary/aromatic N) is 3. The summed E-state index contributed by atoms with van der Waals surface area (Å²) in [7, 11) is 0. The molecule has 2 aromatic rings. The summed E-state index contributed by atoms with van der Waals surface area (Å²) in [6.07, 6.45) is 7.85. The van der Waals surface area contributed by atoms with E-state index in [1.54, 1.807) is 0 Å². The first-order valence-electron chi connectivity index (χ1n) is 12.0. The van der Waals surface area contributed by atoms with E-state index in [-0.39, 0.29) is 23.3 Å². The van der Waals surface area contributed by atoms with Crippen molar-refractivity contribution in [2.24, 2.45) is 11.3 Å². The predicted octanol–water partition coefficient (Wildman–Crippen LogP) is 4.57. The SMILES string of the molecule is CC1(C)CC(=O)c2c(CC3CC3)nn(-c3ccc(C#N)c(NC4CCC(O)CC4)c3)c2C1. The number of Topliss-reactive ketones (excluding diaryl/α,β-unsaturated/α-hetero) is 1. The maximum Gasteiger partial charge on any atom is 0.167 e. The van der Waals surface area contributed by atoms with Gasteiger partial charge in [-0.2, -0.15) is 10.4 Å². The first-order valence-corrected chi connectivity index (χ1v) is 12.0. The van der Waals surface area contributed by atoms with Crippen LogP contribution in [0.4, 0.5) is 5.69 Å². The van der Waals surface area contributed by atoms with E-state index in [0.717, 1.165) is 66.9 Å². The van der Waals surface area contributed by atoms with Gasteiger partial charge in [-0.05, 0) is 80.9 Å². The Bertz CT molecular complexity index is 1080. The molecule has 0 radical (unpaired) electrons. The van der Waals surface area contributed by atoms with Crippen LogP contribution in [-0.2, 0) is 12.8 Å². The van der Waals surface area contributed by atoms with E-state index in [4.69, 9.17) is 5.10 Å². The van der Waals surface area contributed by atoms with Gasteiger partial charge in [0.2, 0.25) is 0 Å². The van der Waals surface area contributed by atoms with Gasteiger partial charge in [0.15, 0.2) is 5.78 Å². The summed E-state index contributed by atoms with van der Waals surface area (Å²) in [6.45, 7) is 4.30. The maximum atomic E-state index is 13.1. The lowest BCUT2D eigenvalue weighted by atomic mass is 9.75. The van der Waals surface area contributed by atoms with Crippen molar-refractivity contribution in [3.63, 3.8) is 0 Å². The van der Waals surface area contributed by atoms with Crippen molar-refractivity contribution in [1.29, 1.82) is 5.26 Å². The van der Waals surface area contributed by atoms with Gasteiger partial charge in [0.05, 0.1) is 40.0 Å². The van der Waals surface area contributed by atoms with E-state index in [2.05, 4.69) is 25.2 Å². The molecule has 1 aromatic heterocycles. The standard InChI is InChI=1S/C26H32N4O2/c1-26(2)13-23-25(24(32)14-26)22(11-16-3-4-16)29-30(23)19-8-5-17(15-27)21(12-19)28-18-6-9-20(31)10-7-18/h5,8,12,16,18,20,28,31H,3-4,6-7,9-11,13-14H2,1-2H3. The van der Waals surface area contributed by atoms with E-state index >= 15 is 0 Å². The molecule has 0 bridgehead atoms. The second-order valence-corrected chi connectivity index (χ2v) is 10.8. The fourth-order valence-corrected chi connectivity index (χ4v) is 5.30. The molecule has 2 fully saturated rings. The highest BCUT2D eigenvalue weighted by molar-refractivity contribution is 6.00. The lowest BCUT2D eigenvalue weighted by Gasteiger charge is -2.29. The van der Waals surface area contributed by atoms with Crippen LogP contribution in [0.15, 0.2) is 18.2 Å². The molecule has 3 aliphatic rings. The highest BCUT2D eigenvalue weighted by Gasteiger charge is 2.38. The van der Waals surface area contributed by atoms with Crippen LogP contribution in [0.1, 0.15) is 86.1 Å². The lowest BCUT2D eigenvalue weighted by Crippen LogP contribution is -2.29. The van der Waals surface area contributed by atoms with Crippen LogP contribution < -0.4 is 5.32 Å². The summed E-state index contributed by atoms with van der Waals surface area (Å²) >= 11 is 0. The number of benzene rings is 1. The monoisotopic (exact) mass is 432 g/mol. The van der Waals surface area contributed by atoms with Crippen LogP contribution in [0.2, 0.25) is 0 Å². The number of aliphatic hydroxyl groups is 1. The van der Waals surface area contributed by atoms with E-state index in [9.17, 15) is 15.2 Å². The molecule has 2 N–H and O–H groups in total. The number of nitriles is 1. The van der Waals surface area contributed by atoms with Gasteiger partial charge in [-0.25, -0.2) is 4.68 Å². The largest absolute Gasteiger partial charge is 0.393 e. The zero-order valence-electron chi connectivity index (χ0n) is 19.0. The Hall–Kier alpha value is -2.65. The van der Waals surface area contributed by atoms with Gasteiger partial charge in [0.1, 0.15) is 6.07 Å². The molecule has 5 rings (SSSR count). The highest BCUT2D eigenvalue weighted by atomic mass is 16.3. The number of carbonyl (C=O) groups is 1. The Morgan fingerprint density at radius 2 is 1.94 bits per heavy atom. The quantitative estimate of drug-likeness (QED) is 0.722. The van der Waals surface area contributed by atoms with E-state index in [1.165, 1.54) is 12.8 Å². The van der Waals surface area contributed by atoms with Crippen LogP contribution in [-0.4, -0.2) is 32.8 Å². The topological polar surface area (TPSA) is 90.9 Å². The van der Waals surface area contributed by atoms with Crippen LogP contribution in [0.5, 0.6) is 0 Å². The van der Waals surface area contributed by atoms with Crippen LogP contribution in [0.3, 0.4) is 0 Å². The number of hydrogen-bond donors (Lipinski definition) is 2. The van der Waals surface area contributed by atoms with Gasteiger partial charge in [-0.1, -0.05) is 13.8 Å². The molecule has 168 valence electrons. The predicted molar refractivity (Wildman–Crippen MR) is 123 cm³/mol. The van der Waals surface area contributed by atoms with Gasteiger partial charge in [-0.3, -0.25) is 4.79 Å². The van der Waals surface area contributed by atoms with Gasteiger partial charge >= 0.3 is 0 Å². The Morgan fingerprint density at radius 3 is 2.62 bits per heavy atom. The molecule has 0 unspecified atom stereocenters. The lowest BCUT2D eigenvalue weighted by molar-refractivity contribution is 0.0910. The molecular weight excluding hydrogens is 400 g/mol. The van der Waals surface area contributed by atoms with Crippen molar-refractivity contribution in [3.8, 4) is 11.8 Å². The molecule has 6 heteroatoms. The van der Waals surface area contributed by atoms with Crippen molar-refractivity contribution in [2.75, 3.05) is 5.32 Å². The molecule has 0 aliphatic heterocycles. The third-order valence-corrected chi connectivity index (χ3v) is 7.22. The second-order valence-electron chi connectivity index (χ2n) is 10.8. The fraction of sp³-hybridized carbons (Fsp3) is 0.577. The number of nitrogens with one attached hydrogen (secondary N) is 1. The normalized spacial score (nSPS) is 24.6. The minimum Gasteiger partial charge on any atom is -0.393 e. The first kappa shape index (κ1) is 21.2. The Kier molecular flexibility index (Phi) is 5.33. The van der Waals surface area contributed by atoms with Crippen molar-refractivity contribution in [2.45, 2.75) is 83.8 Å². The summed E-state index contributed by atoms with van der Waals surface area (Å²) in [4.78, 5) is 13.1. The third-order valence-electron chi connectivity index (χ3n) is 7.22.